The summed E-state index contributed by atoms with van der Waals surface area (Å²) in [6.45, 7) is 1.94. The van der Waals surface area contributed by atoms with Crippen molar-refractivity contribution in [2.75, 3.05) is 12.4 Å². The zero-order chi connectivity index (χ0) is 12.3. The van der Waals surface area contributed by atoms with Crippen molar-refractivity contribution in [2.45, 2.75) is 19.4 Å². The topological polar surface area (TPSA) is 81.0 Å². The van der Waals surface area contributed by atoms with E-state index in [1.165, 1.54) is 6.33 Å². The maximum atomic E-state index is 11.6. The van der Waals surface area contributed by atoms with Crippen molar-refractivity contribution in [3.05, 3.63) is 18.6 Å². The molecule has 1 atom stereocenters. The molecule has 0 spiro atoms. The number of rotatable bonds is 4. The van der Waals surface area contributed by atoms with Crippen molar-refractivity contribution in [2.24, 2.45) is 0 Å². The van der Waals surface area contributed by atoms with E-state index in [2.05, 4.69) is 25.6 Å². The van der Waals surface area contributed by atoms with Crippen LogP contribution in [0.2, 0.25) is 0 Å². The van der Waals surface area contributed by atoms with Gasteiger partial charge in [-0.05, 0) is 12.1 Å². The third-order valence-corrected chi connectivity index (χ3v) is 2.58. The molecule has 0 bridgehead atoms. The van der Waals surface area contributed by atoms with Crippen molar-refractivity contribution in [1.29, 1.82) is 0 Å². The summed E-state index contributed by atoms with van der Waals surface area (Å²) in [5.41, 5.74) is 0.634. The van der Waals surface area contributed by atoms with Crippen LogP contribution in [0.4, 0.5) is 5.82 Å². The fraction of sp³-hybridized carbons (Fsp3) is 0.364. The Morgan fingerprint density at radius 1 is 1.50 bits per heavy atom. The number of nitrogens with one attached hydrogen (secondary N) is 2. The Kier molecular flexibility index (Phi) is 5.28. The summed E-state index contributed by atoms with van der Waals surface area (Å²) in [5, 5.41) is 6.55. The van der Waals surface area contributed by atoms with Gasteiger partial charge in [0.2, 0.25) is 5.91 Å². The van der Waals surface area contributed by atoms with E-state index >= 15 is 0 Å². The quantitative estimate of drug-likeness (QED) is 0.744. The van der Waals surface area contributed by atoms with Crippen LogP contribution >= 0.6 is 0 Å². The molecule has 2 aromatic rings. The van der Waals surface area contributed by atoms with Crippen LogP contribution in [-0.4, -0.2) is 29.0 Å². The van der Waals surface area contributed by atoms with Crippen LogP contribution in [0.15, 0.2) is 18.6 Å². The van der Waals surface area contributed by atoms with Crippen molar-refractivity contribution in [3.63, 3.8) is 0 Å². The van der Waals surface area contributed by atoms with Crippen LogP contribution in [0.25, 0.3) is 11.0 Å². The van der Waals surface area contributed by atoms with E-state index < -0.39 is 0 Å². The minimum Gasteiger partial charge on any atom is -0.442 e. The molecule has 0 aromatic carbocycles. The number of carbonyl (C=O) groups excluding carboxylic acids is 1. The van der Waals surface area contributed by atoms with E-state index in [1.54, 1.807) is 13.2 Å². The normalized spacial score (nSPS) is 11.7. The molecule has 0 unspecified atom stereocenters. The average molecular weight is 427 g/mol. The maximum absolute atomic E-state index is 11.6. The number of hydrogen-bond donors (Lipinski definition) is 2. The molecule has 7 heteroatoms. The van der Waals surface area contributed by atoms with E-state index in [0.717, 1.165) is 5.39 Å². The molecule has 0 fully saturated rings. The minimum absolute atomic E-state index is 0. The number of carbonyl (C=O) groups is 1. The van der Waals surface area contributed by atoms with Gasteiger partial charge in [-0.25, -0.2) is 4.98 Å². The van der Waals surface area contributed by atoms with E-state index in [-0.39, 0.29) is 33.0 Å². The number of hydrogen-bond acceptors (Lipinski definition) is 4. The number of fused-ring (bicyclic) bond motifs is 1. The van der Waals surface area contributed by atoms with Crippen molar-refractivity contribution in [1.82, 2.24) is 20.3 Å². The monoisotopic (exact) mass is 427 g/mol. The van der Waals surface area contributed by atoms with Gasteiger partial charge in [-0.2, -0.15) is 0 Å². The third-order valence-electron chi connectivity index (χ3n) is 2.58. The Hall–Kier alpha value is -1.42. The predicted molar refractivity (Wildman–Crippen MR) is 64.6 cm³/mol. The number of nitrogens with zero attached hydrogens (tertiary/aromatic N) is 3. The molecule has 0 aliphatic heterocycles. The molecule has 2 heterocycles. The molecular weight excluding hydrogens is 413 g/mol. The summed E-state index contributed by atoms with van der Waals surface area (Å²) in [6.07, 6.45) is 3.79. The summed E-state index contributed by atoms with van der Waals surface area (Å²) in [7, 11) is 1.62. The Bertz CT molecular complexity index is 527. The molecule has 2 aromatic heterocycles. The van der Waals surface area contributed by atoms with E-state index in [4.69, 9.17) is 0 Å². The first kappa shape index (κ1) is 14.6. The van der Waals surface area contributed by atoms with Crippen molar-refractivity contribution >= 4 is 22.8 Å². The number of anilines is 1. The maximum Gasteiger partial charge on any atom is 0.242 e. The standard InChI is InChI=1S/C11H15N5O.Pt/c1-3-8(11(17)12-2)16-10-7-4-5-13-9(7)14-6-15-10;/h4-6,8H,3H2,1-2H3,(H3,12,13,14,15,16,17);/p-1/t8-;/m1./s1. The smallest absolute Gasteiger partial charge is 0.242 e. The van der Waals surface area contributed by atoms with Crippen LogP contribution in [0.1, 0.15) is 13.3 Å². The van der Waals surface area contributed by atoms with Crippen LogP contribution < -0.4 is 15.6 Å². The van der Waals surface area contributed by atoms with Crippen LogP contribution in [0, 0.1) is 0 Å². The van der Waals surface area contributed by atoms with Gasteiger partial charge in [0.25, 0.3) is 0 Å². The summed E-state index contributed by atoms with van der Waals surface area (Å²) >= 11 is 0. The van der Waals surface area contributed by atoms with Crippen molar-refractivity contribution in [3.8, 4) is 0 Å². The van der Waals surface area contributed by atoms with Gasteiger partial charge in [-0.3, -0.25) is 4.79 Å². The Labute approximate surface area is 119 Å². The third kappa shape index (κ3) is 2.87. The predicted octanol–water partition coefficient (Wildman–Crippen LogP) is 0.521. The second-order valence-electron chi connectivity index (χ2n) is 3.62. The molecular formula is C11H14N5OPt-. The first-order chi connectivity index (χ1) is 8.26. The molecule has 2 rings (SSSR count). The molecule has 0 aliphatic carbocycles. The van der Waals surface area contributed by atoms with Gasteiger partial charge in [-0.15, -0.1) is 0 Å². The second-order valence-corrected chi connectivity index (χ2v) is 3.62. The van der Waals surface area contributed by atoms with E-state index in [0.29, 0.717) is 17.9 Å². The molecule has 0 aliphatic rings. The zero-order valence-corrected chi connectivity index (χ0v) is 12.4. The summed E-state index contributed by atoms with van der Waals surface area (Å²) in [5.74, 6) is 0.585. The van der Waals surface area contributed by atoms with Crippen LogP contribution in [0.3, 0.4) is 0 Å². The molecule has 6 nitrogen and oxygen atoms in total. The van der Waals surface area contributed by atoms with E-state index in [9.17, 15) is 4.79 Å². The van der Waals surface area contributed by atoms with Gasteiger partial charge in [0.15, 0.2) is 0 Å². The van der Waals surface area contributed by atoms with Gasteiger partial charge in [0, 0.05) is 39.8 Å². The fourth-order valence-corrected chi connectivity index (χ4v) is 1.63. The number of amides is 1. The van der Waals surface area contributed by atoms with Gasteiger partial charge in [-0.1, -0.05) is 19.2 Å². The molecule has 0 saturated heterocycles. The Morgan fingerprint density at radius 3 is 2.94 bits per heavy atom. The minimum atomic E-state index is -0.298. The fourth-order valence-electron chi connectivity index (χ4n) is 1.63. The summed E-state index contributed by atoms with van der Waals surface area (Å²) < 4.78 is 0. The molecule has 1 amide bonds. The molecule has 0 radical (unpaired) electrons. The van der Waals surface area contributed by atoms with Gasteiger partial charge in [0.05, 0.1) is 0 Å². The van der Waals surface area contributed by atoms with Crippen LogP contribution in [0.5, 0.6) is 0 Å². The largest absolute Gasteiger partial charge is 0.442 e. The van der Waals surface area contributed by atoms with Crippen molar-refractivity contribution < 1.29 is 25.9 Å². The first-order valence-corrected chi connectivity index (χ1v) is 5.46. The van der Waals surface area contributed by atoms with Gasteiger partial charge < -0.3 is 20.6 Å². The van der Waals surface area contributed by atoms with Crippen LogP contribution in [-0.2, 0) is 25.9 Å². The number of likely N-dealkylation sites (N-methyl/N-ethyl adjacent to an activating group) is 1. The summed E-state index contributed by atoms with van der Waals surface area (Å²) in [4.78, 5) is 23.9. The van der Waals surface area contributed by atoms with Gasteiger partial charge in [0.1, 0.15) is 11.9 Å². The molecule has 100 valence electrons. The average Bonchev–Trinajstić information content (AvgIpc) is 2.83. The molecule has 2 N–H and O–H groups in total. The Balaban J connectivity index is 0.00000162. The van der Waals surface area contributed by atoms with E-state index in [1.807, 2.05) is 13.0 Å². The van der Waals surface area contributed by atoms with Gasteiger partial charge >= 0.3 is 0 Å². The summed E-state index contributed by atoms with van der Waals surface area (Å²) in [6, 6.07) is 1.53. The number of aromatic nitrogens is 3. The zero-order valence-electron chi connectivity index (χ0n) is 10.1. The SMILES string of the molecule is CC[C@@H](Nc1ncnc2[n-]ccc12)C(=O)NC.[Pt]. The molecule has 0 saturated carbocycles. The second kappa shape index (κ2) is 6.49. The molecule has 18 heavy (non-hydrogen) atoms. The Morgan fingerprint density at radius 2 is 2.28 bits per heavy atom. The first-order valence-electron chi connectivity index (χ1n) is 5.46.